The minimum absolute atomic E-state index is 0.491. The number of halogens is 1. The lowest BCUT2D eigenvalue weighted by molar-refractivity contribution is -0.147. The fraction of sp³-hybridized carbons (Fsp3) is 0.242. The molecule has 0 saturated heterocycles. The van der Waals surface area contributed by atoms with Crippen molar-refractivity contribution in [1.82, 2.24) is 0 Å². The molecule has 0 aromatic heterocycles. The molecule has 2 N–H and O–H groups in total. The lowest BCUT2D eigenvalue weighted by Gasteiger charge is -2.41. The van der Waals surface area contributed by atoms with Crippen LogP contribution in [0.15, 0.2) is 89.4 Å². The third-order valence-corrected chi connectivity index (χ3v) is 7.64. The van der Waals surface area contributed by atoms with Gasteiger partial charge in [-0.05, 0) is 59.7 Å². The van der Waals surface area contributed by atoms with E-state index in [-0.39, 0.29) is 0 Å². The molecule has 0 amide bonds. The normalized spacial score (nSPS) is 12.7. The number of hydrogen-bond acceptors (Lipinski definition) is 9. The second-order valence-corrected chi connectivity index (χ2v) is 10.3. The molecule has 0 aliphatic heterocycles. The van der Waals surface area contributed by atoms with Crippen LogP contribution in [0.2, 0.25) is 0 Å². The number of carbonyl (C=O) groups is 1. The molecule has 0 heterocycles. The summed E-state index contributed by atoms with van der Waals surface area (Å²) in [6.45, 7) is 0. The van der Waals surface area contributed by atoms with Gasteiger partial charge in [-0.1, -0.05) is 40.2 Å². The average Bonchev–Trinajstić information content (AvgIpc) is 3.06. The first-order valence-corrected chi connectivity index (χ1v) is 14.1. The summed E-state index contributed by atoms with van der Waals surface area (Å²) in [4.78, 5) is 14.4. The van der Waals surface area contributed by atoms with Crippen LogP contribution in [-0.2, 0) is 15.1 Å². The third-order valence-electron chi connectivity index (χ3n) is 7.11. The van der Waals surface area contributed by atoms with Crippen molar-refractivity contribution in [2.24, 2.45) is 0 Å². The van der Waals surface area contributed by atoms with Crippen LogP contribution in [0.1, 0.15) is 17.2 Å². The zero-order valence-corrected chi connectivity index (χ0v) is 26.5. The van der Waals surface area contributed by atoms with Crippen molar-refractivity contribution >= 4 is 33.3 Å². The van der Waals surface area contributed by atoms with Gasteiger partial charge >= 0.3 is 5.97 Å². The monoisotopic (exact) mass is 650 g/mol. The highest BCUT2D eigenvalue weighted by Crippen LogP contribution is 2.46. The van der Waals surface area contributed by atoms with E-state index >= 15 is 0 Å². The van der Waals surface area contributed by atoms with Crippen LogP contribution in [-0.4, -0.2) is 48.6 Å². The Kier molecular flexibility index (Phi) is 10.3. The number of benzene rings is 4. The number of ether oxygens (including phenoxy) is 6. The topological polar surface area (TPSA) is 96.5 Å². The van der Waals surface area contributed by atoms with E-state index in [0.29, 0.717) is 45.7 Å². The van der Waals surface area contributed by atoms with Gasteiger partial charge in [0, 0.05) is 16.6 Å². The minimum Gasteiger partial charge on any atom is -0.497 e. The molecule has 0 spiro atoms. The van der Waals surface area contributed by atoms with Gasteiger partial charge in [0.15, 0.2) is 5.54 Å². The summed E-state index contributed by atoms with van der Waals surface area (Å²) in [5, 5.41) is 7.11. The summed E-state index contributed by atoms with van der Waals surface area (Å²) in [6, 6.07) is 24.9. The number of esters is 1. The van der Waals surface area contributed by atoms with E-state index in [9.17, 15) is 4.79 Å². The van der Waals surface area contributed by atoms with Gasteiger partial charge in [-0.3, -0.25) is 0 Å². The Labute approximate surface area is 260 Å². The van der Waals surface area contributed by atoms with Crippen molar-refractivity contribution in [3.63, 3.8) is 0 Å². The minimum atomic E-state index is -1.62. The Morgan fingerprint density at radius 3 is 1.79 bits per heavy atom. The molecule has 10 heteroatoms. The maximum atomic E-state index is 14.4. The number of methoxy groups -OCH3 is 6. The summed E-state index contributed by atoms with van der Waals surface area (Å²) in [7, 11) is 9.22. The van der Waals surface area contributed by atoms with Crippen molar-refractivity contribution in [2.45, 2.75) is 11.6 Å². The predicted octanol–water partition coefficient (Wildman–Crippen LogP) is 6.83. The molecule has 0 aliphatic carbocycles. The quantitative estimate of drug-likeness (QED) is 0.151. The molecule has 0 radical (unpaired) electrons. The molecule has 226 valence electrons. The molecular formula is C33H35BrN2O7. The molecule has 4 rings (SSSR count). The molecule has 2 unspecified atom stereocenters. The standard InChI is InChI=1S/C33H35BrN2O7/c1-38-24-9-7-8-22(18-24)33(32(37)43-6,36-28-20-26(40-3)15-17-30(28)42-5)31(21-10-12-23(34)13-11-21)35-27-19-25(39-2)14-16-29(27)41-4/h7-20,31,35-36H,1-6H3. The zero-order chi connectivity index (χ0) is 31.0. The number of anilines is 2. The van der Waals surface area contributed by atoms with E-state index in [1.165, 1.54) is 7.11 Å². The van der Waals surface area contributed by atoms with Gasteiger partial charge in [-0.15, -0.1) is 0 Å². The van der Waals surface area contributed by atoms with Crippen LogP contribution in [0.5, 0.6) is 28.7 Å². The first kappa shape index (κ1) is 31.4. The van der Waals surface area contributed by atoms with Crippen molar-refractivity contribution in [3.05, 3.63) is 101 Å². The van der Waals surface area contributed by atoms with Gasteiger partial charge in [0.2, 0.25) is 0 Å². The maximum absolute atomic E-state index is 14.4. The maximum Gasteiger partial charge on any atom is 0.338 e. The van der Waals surface area contributed by atoms with Gasteiger partial charge in [0.25, 0.3) is 0 Å². The van der Waals surface area contributed by atoms with Gasteiger partial charge in [0.05, 0.1) is 60.1 Å². The number of hydrogen-bond donors (Lipinski definition) is 2. The Bertz CT molecular complexity index is 1550. The molecule has 0 saturated carbocycles. The molecule has 0 fully saturated rings. The lowest BCUT2D eigenvalue weighted by Crippen LogP contribution is -2.52. The highest BCUT2D eigenvalue weighted by molar-refractivity contribution is 9.10. The summed E-state index contributed by atoms with van der Waals surface area (Å²) in [6.07, 6.45) is 0. The van der Waals surface area contributed by atoms with Crippen LogP contribution < -0.4 is 34.3 Å². The molecule has 9 nitrogen and oxygen atoms in total. The van der Waals surface area contributed by atoms with E-state index in [1.54, 1.807) is 71.9 Å². The zero-order valence-electron chi connectivity index (χ0n) is 24.9. The first-order chi connectivity index (χ1) is 20.8. The van der Waals surface area contributed by atoms with E-state index in [1.807, 2.05) is 48.5 Å². The Balaban J connectivity index is 2.09. The fourth-order valence-corrected chi connectivity index (χ4v) is 5.19. The number of rotatable bonds is 13. The number of nitrogens with one attached hydrogen (secondary N) is 2. The second-order valence-electron chi connectivity index (χ2n) is 9.42. The van der Waals surface area contributed by atoms with Gasteiger partial charge in [-0.2, -0.15) is 0 Å². The molecular weight excluding hydrogens is 616 g/mol. The van der Waals surface area contributed by atoms with Crippen molar-refractivity contribution in [2.75, 3.05) is 53.3 Å². The summed E-state index contributed by atoms with van der Waals surface area (Å²) < 4.78 is 34.5. The van der Waals surface area contributed by atoms with Gasteiger partial charge < -0.3 is 39.1 Å². The smallest absolute Gasteiger partial charge is 0.338 e. The van der Waals surface area contributed by atoms with Crippen molar-refractivity contribution in [1.29, 1.82) is 0 Å². The van der Waals surface area contributed by atoms with Crippen LogP contribution in [0.3, 0.4) is 0 Å². The Morgan fingerprint density at radius 2 is 1.23 bits per heavy atom. The second kappa shape index (κ2) is 14.1. The summed E-state index contributed by atoms with van der Waals surface area (Å²) in [5.74, 6) is 2.18. The van der Waals surface area contributed by atoms with Gasteiger partial charge in [-0.25, -0.2) is 4.79 Å². The lowest BCUT2D eigenvalue weighted by atomic mass is 9.78. The largest absolute Gasteiger partial charge is 0.497 e. The molecule has 43 heavy (non-hydrogen) atoms. The highest BCUT2D eigenvalue weighted by atomic mass is 79.9. The Hall–Kier alpha value is -4.57. The fourth-order valence-electron chi connectivity index (χ4n) is 4.93. The van der Waals surface area contributed by atoms with Gasteiger partial charge in [0.1, 0.15) is 28.7 Å². The van der Waals surface area contributed by atoms with Crippen LogP contribution in [0, 0.1) is 0 Å². The van der Waals surface area contributed by atoms with Crippen molar-refractivity contribution in [3.8, 4) is 28.7 Å². The summed E-state index contributed by atoms with van der Waals surface area (Å²) in [5.41, 5.74) is 0.786. The van der Waals surface area contributed by atoms with E-state index < -0.39 is 17.6 Å². The van der Waals surface area contributed by atoms with E-state index in [4.69, 9.17) is 28.4 Å². The first-order valence-electron chi connectivity index (χ1n) is 13.3. The third kappa shape index (κ3) is 6.59. The van der Waals surface area contributed by atoms with Crippen LogP contribution >= 0.6 is 15.9 Å². The van der Waals surface area contributed by atoms with Crippen LogP contribution in [0.25, 0.3) is 0 Å². The molecule has 0 bridgehead atoms. The highest BCUT2D eigenvalue weighted by Gasteiger charge is 2.51. The molecule has 0 aliphatic rings. The predicted molar refractivity (Wildman–Crippen MR) is 170 cm³/mol. The van der Waals surface area contributed by atoms with E-state index in [0.717, 1.165) is 10.0 Å². The average molecular weight is 652 g/mol. The molecule has 4 aromatic rings. The molecule has 4 aromatic carbocycles. The molecule has 2 atom stereocenters. The SMILES string of the molecule is COC(=O)C(Nc1cc(OC)ccc1OC)(c1cccc(OC)c1)C(Nc1cc(OC)ccc1OC)c1ccc(Br)cc1. The van der Waals surface area contributed by atoms with Crippen molar-refractivity contribution < 1.29 is 33.2 Å². The Morgan fingerprint density at radius 1 is 0.674 bits per heavy atom. The summed E-state index contributed by atoms with van der Waals surface area (Å²) >= 11 is 3.54. The van der Waals surface area contributed by atoms with E-state index in [2.05, 4.69) is 26.6 Å². The number of carbonyl (C=O) groups excluding carboxylic acids is 1. The van der Waals surface area contributed by atoms with Crippen LogP contribution in [0.4, 0.5) is 11.4 Å².